The van der Waals surface area contributed by atoms with Crippen LogP contribution in [0.2, 0.25) is 0 Å². The fourth-order valence-electron chi connectivity index (χ4n) is 1.93. The summed E-state index contributed by atoms with van der Waals surface area (Å²) in [7, 11) is 0. The summed E-state index contributed by atoms with van der Waals surface area (Å²) in [5.74, 6) is -0.360. The maximum absolute atomic E-state index is 13.2. The number of hydrogen-bond acceptors (Lipinski definition) is 3. The molecule has 0 aliphatic rings. The lowest BCUT2D eigenvalue weighted by Crippen LogP contribution is -2.00. The quantitative estimate of drug-likeness (QED) is 0.693. The Balaban J connectivity index is 2.23. The molecule has 3 heterocycles. The van der Waals surface area contributed by atoms with E-state index in [1.54, 1.807) is 16.9 Å². The summed E-state index contributed by atoms with van der Waals surface area (Å²) in [5, 5.41) is 4.21. The molecule has 3 rings (SSSR count). The molecule has 0 aromatic carbocycles. The normalized spacial score (nSPS) is 11.0. The molecule has 0 bridgehead atoms. The molecule has 18 heavy (non-hydrogen) atoms. The SMILES string of the molecule is CCc1cc(-c2cncc(F)c2)nc2ccnn12. The van der Waals surface area contributed by atoms with E-state index in [-0.39, 0.29) is 5.82 Å². The van der Waals surface area contributed by atoms with Gasteiger partial charge in [-0.25, -0.2) is 13.9 Å². The molecular weight excluding hydrogens is 231 g/mol. The molecule has 5 heteroatoms. The number of aryl methyl sites for hydroxylation is 1. The number of halogens is 1. The van der Waals surface area contributed by atoms with Crippen LogP contribution in [0.5, 0.6) is 0 Å². The highest BCUT2D eigenvalue weighted by Gasteiger charge is 2.07. The van der Waals surface area contributed by atoms with E-state index in [2.05, 4.69) is 15.1 Å². The van der Waals surface area contributed by atoms with Gasteiger partial charge in [-0.05, 0) is 18.6 Å². The second-order valence-corrected chi connectivity index (χ2v) is 3.98. The third kappa shape index (κ3) is 1.73. The Morgan fingerprint density at radius 2 is 2.17 bits per heavy atom. The zero-order chi connectivity index (χ0) is 12.5. The van der Waals surface area contributed by atoms with E-state index in [0.717, 1.165) is 17.8 Å². The number of pyridine rings is 1. The predicted molar refractivity (Wildman–Crippen MR) is 65.6 cm³/mol. The number of aromatic nitrogens is 4. The van der Waals surface area contributed by atoms with Crippen LogP contribution in [-0.2, 0) is 6.42 Å². The first-order chi connectivity index (χ1) is 8.78. The first kappa shape index (κ1) is 10.8. The van der Waals surface area contributed by atoms with Crippen LogP contribution in [0.15, 0.2) is 36.8 Å². The Morgan fingerprint density at radius 1 is 1.28 bits per heavy atom. The number of hydrogen-bond donors (Lipinski definition) is 0. The topological polar surface area (TPSA) is 43.1 Å². The zero-order valence-corrected chi connectivity index (χ0v) is 9.84. The minimum Gasteiger partial charge on any atom is -0.261 e. The molecule has 0 saturated heterocycles. The van der Waals surface area contributed by atoms with Gasteiger partial charge in [0.15, 0.2) is 5.65 Å². The molecule has 3 aromatic rings. The zero-order valence-electron chi connectivity index (χ0n) is 9.84. The van der Waals surface area contributed by atoms with Crippen molar-refractivity contribution in [3.63, 3.8) is 0 Å². The molecule has 90 valence electrons. The van der Waals surface area contributed by atoms with Gasteiger partial charge in [-0.1, -0.05) is 6.92 Å². The van der Waals surface area contributed by atoms with Gasteiger partial charge in [0.05, 0.1) is 18.1 Å². The third-order valence-electron chi connectivity index (χ3n) is 2.80. The molecule has 0 saturated carbocycles. The highest BCUT2D eigenvalue weighted by atomic mass is 19.1. The second-order valence-electron chi connectivity index (χ2n) is 3.98. The summed E-state index contributed by atoms with van der Waals surface area (Å²) in [6, 6.07) is 5.17. The van der Waals surface area contributed by atoms with Gasteiger partial charge in [0.1, 0.15) is 5.82 Å². The average Bonchev–Trinajstić information content (AvgIpc) is 2.85. The van der Waals surface area contributed by atoms with Gasteiger partial charge in [-0.15, -0.1) is 0 Å². The Hall–Kier alpha value is -2.30. The first-order valence-electron chi connectivity index (χ1n) is 5.72. The summed E-state index contributed by atoms with van der Waals surface area (Å²) in [4.78, 5) is 8.30. The van der Waals surface area contributed by atoms with Gasteiger partial charge in [0, 0.05) is 23.5 Å². The number of fused-ring (bicyclic) bond motifs is 1. The molecule has 0 unspecified atom stereocenters. The van der Waals surface area contributed by atoms with Crippen molar-refractivity contribution >= 4 is 5.65 Å². The van der Waals surface area contributed by atoms with Crippen molar-refractivity contribution < 1.29 is 4.39 Å². The Labute approximate surface area is 103 Å². The van der Waals surface area contributed by atoms with Crippen LogP contribution in [0.4, 0.5) is 4.39 Å². The fourth-order valence-corrected chi connectivity index (χ4v) is 1.93. The van der Waals surface area contributed by atoms with Crippen LogP contribution in [0.1, 0.15) is 12.6 Å². The van der Waals surface area contributed by atoms with Gasteiger partial charge >= 0.3 is 0 Å². The summed E-state index contributed by atoms with van der Waals surface area (Å²) in [6.45, 7) is 2.05. The van der Waals surface area contributed by atoms with Crippen molar-refractivity contribution in [2.24, 2.45) is 0 Å². The van der Waals surface area contributed by atoms with Crippen molar-refractivity contribution in [1.82, 2.24) is 19.6 Å². The second kappa shape index (κ2) is 4.18. The highest BCUT2D eigenvalue weighted by Crippen LogP contribution is 2.19. The van der Waals surface area contributed by atoms with Crippen LogP contribution >= 0.6 is 0 Å². The molecular formula is C13H11FN4. The molecule has 3 aromatic heterocycles. The Kier molecular flexibility index (Phi) is 2.51. The summed E-state index contributed by atoms with van der Waals surface area (Å²) < 4.78 is 15.0. The lowest BCUT2D eigenvalue weighted by atomic mass is 10.1. The van der Waals surface area contributed by atoms with Gasteiger partial charge in [0.25, 0.3) is 0 Å². The third-order valence-corrected chi connectivity index (χ3v) is 2.80. The van der Waals surface area contributed by atoms with Crippen LogP contribution in [0.3, 0.4) is 0 Å². The van der Waals surface area contributed by atoms with Crippen molar-refractivity contribution in [2.75, 3.05) is 0 Å². The molecule has 4 nitrogen and oxygen atoms in total. The van der Waals surface area contributed by atoms with Gasteiger partial charge in [-0.3, -0.25) is 4.98 Å². The molecule has 0 spiro atoms. The van der Waals surface area contributed by atoms with Gasteiger partial charge in [0.2, 0.25) is 0 Å². The molecule has 0 atom stereocenters. The van der Waals surface area contributed by atoms with Crippen molar-refractivity contribution in [3.05, 3.63) is 48.3 Å². The minimum absolute atomic E-state index is 0.360. The first-order valence-corrected chi connectivity index (χ1v) is 5.72. The maximum Gasteiger partial charge on any atom is 0.155 e. The summed E-state index contributed by atoms with van der Waals surface area (Å²) in [5.41, 5.74) is 3.18. The van der Waals surface area contributed by atoms with E-state index in [1.807, 2.05) is 19.1 Å². The highest BCUT2D eigenvalue weighted by molar-refractivity contribution is 5.61. The monoisotopic (exact) mass is 242 g/mol. The number of rotatable bonds is 2. The molecule has 0 aliphatic heterocycles. The van der Waals surface area contributed by atoms with E-state index in [0.29, 0.717) is 11.3 Å². The predicted octanol–water partition coefficient (Wildman–Crippen LogP) is 2.49. The lowest BCUT2D eigenvalue weighted by Gasteiger charge is -2.06. The minimum atomic E-state index is -0.360. The Bertz CT molecular complexity index is 705. The smallest absolute Gasteiger partial charge is 0.155 e. The molecule has 0 radical (unpaired) electrons. The van der Waals surface area contributed by atoms with Crippen LogP contribution in [-0.4, -0.2) is 19.6 Å². The lowest BCUT2D eigenvalue weighted by molar-refractivity contribution is 0.622. The van der Waals surface area contributed by atoms with Gasteiger partial charge in [-0.2, -0.15) is 5.10 Å². The molecule has 0 N–H and O–H groups in total. The van der Waals surface area contributed by atoms with Crippen molar-refractivity contribution in [1.29, 1.82) is 0 Å². The fraction of sp³-hybridized carbons (Fsp3) is 0.154. The van der Waals surface area contributed by atoms with E-state index in [4.69, 9.17) is 0 Å². The maximum atomic E-state index is 13.2. The number of nitrogens with zero attached hydrogens (tertiary/aromatic N) is 4. The molecule has 0 fully saturated rings. The van der Waals surface area contributed by atoms with Crippen LogP contribution < -0.4 is 0 Å². The van der Waals surface area contributed by atoms with Crippen molar-refractivity contribution in [3.8, 4) is 11.3 Å². The standard InChI is InChI=1S/C13H11FN4/c1-2-11-6-12(9-5-10(14)8-15-7-9)17-13-3-4-16-18(11)13/h3-8H,2H2,1H3. The summed E-state index contributed by atoms with van der Waals surface area (Å²) in [6.07, 6.45) is 5.32. The Morgan fingerprint density at radius 3 is 2.94 bits per heavy atom. The van der Waals surface area contributed by atoms with Crippen LogP contribution in [0, 0.1) is 5.82 Å². The average molecular weight is 242 g/mol. The van der Waals surface area contributed by atoms with Crippen molar-refractivity contribution in [2.45, 2.75) is 13.3 Å². The van der Waals surface area contributed by atoms with Crippen LogP contribution in [0.25, 0.3) is 16.9 Å². The molecule has 0 amide bonds. The van der Waals surface area contributed by atoms with E-state index < -0.39 is 0 Å². The molecule has 0 aliphatic carbocycles. The largest absolute Gasteiger partial charge is 0.261 e. The van der Waals surface area contributed by atoms with E-state index >= 15 is 0 Å². The van der Waals surface area contributed by atoms with E-state index in [1.165, 1.54) is 12.3 Å². The summed E-state index contributed by atoms with van der Waals surface area (Å²) >= 11 is 0. The van der Waals surface area contributed by atoms with E-state index in [9.17, 15) is 4.39 Å². The van der Waals surface area contributed by atoms with Gasteiger partial charge < -0.3 is 0 Å².